The van der Waals surface area contributed by atoms with E-state index in [1.807, 2.05) is 108 Å². The molecule has 0 bridgehead atoms. The molecule has 0 amide bonds. The summed E-state index contributed by atoms with van der Waals surface area (Å²) in [6, 6.07) is 61.3. The van der Waals surface area contributed by atoms with E-state index in [1.165, 1.54) is 12.1 Å². The topological polar surface area (TPSA) is 11.4 Å². The van der Waals surface area contributed by atoms with Crippen LogP contribution < -0.4 is 18.7 Å². The van der Waals surface area contributed by atoms with E-state index < -0.39 is 121 Å². The van der Waals surface area contributed by atoms with E-state index >= 15 is 0 Å². The van der Waals surface area contributed by atoms with Gasteiger partial charge in [-0.25, -0.2) is 0 Å². The van der Waals surface area contributed by atoms with Crippen molar-refractivity contribution in [2.45, 2.75) is 78.6 Å². The Hall–Kier alpha value is -10.7. The van der Waals surface area contributed by atoms with Crippen LogP contribution in [-0.2, 0) is 16.2 Å². The molecular weight excluding hydrogens is 1310 g/mol. The molecule has 0 aliphatic rings. The molecule has 0 radical (unpaired) electrons. The van der Waals surface area contributed by atoms with Crippen molar-refractivity contribution in [3.05, 3.63) is 355 Å². The molecule has 0 N–H and O–H groups in total. The van der Waals surface area contributed by atoms with Crippen molar-refractivity contribution in [3.8, 4) is 72.4 Å². The van der Waals surface area contributed by atoms with Gasteiger partial charge in [0.05, 0.1) is 1.37 Å². The zero-order valence-electron chi connectivity index (χ0n) is 76.4. The number of fused-ring (bicyclic) bond motifs is 3. The van der Waals surface area contributed by atoms with Crippen LogP contribution >= 0.6 is 11.6 Å². The van der Waals surface area contributed by atoms with Crippen LogP contribution in [0.5, 0.6) is 0 Å². The first kappa shape index (κ1) is 47.4. The molecule has 0 saturated heterocycles. The Bertz CT molecular complexity index is 6500. The normalized spacial score (nSPS) is 14.5. The van der Waals surface area contributed by atoms with Crippen molar-refractivity contribution in [1.29, 1.82) is 0 Å². The average Bonchev–Trinajstić information content (AvgIpc) is 1.52. The first-order chi connectivity index (χ1) is 56.8. The summed E-state index contributed by atoms with van der Waals surface area (Å²) in [7, 11) is 0. The van der Waals surface area contributed by atoms with Gasteiger partial charge in [-0.2, -0.15) is 0 Å². The molecule has 0 spiro atoms. The number of benzene rings is 14. The van der Waals surface area contributed by atoms with Crippen LogP contribution in [0.4, 0.5) is 34.1 Å². The van der Waals surface area contributed by atoms with Crippen molar-refractivity contribution in [1.82, 2.24) is 4.57 Å². The van der Waals surface area contributed by atoms with E-state index in [-0.39, 0.29) is 74.3 Å². The zero-order chi connectivity index (χ0) is 86.1. The summed E-state index contributed by atoms with van der Waals surface area (Å²) >= 11 is 6.35. The summed E-state index contributed by atoms with van der Waals surface area (Å²) in [5, 5.41) is -0.447. The number of hydrogen-bond acceptors (Lipinski definition) is 2. The third kappa shape index (κ3) is 13.5. The molecule has 14 aromatic carbocycles. The molecule has 0 fully saturated rings. The summed E-state index contributed by atoms with van der Waals surface area (Å²) < 4.78 is 179. The average molecular weight is 1410 g/mol. The van der Waals surface area contributed by atoms with Crippen LogP contribution in [0.3, 0.4) is 0 Å². The summed E-state index contributed by atoms with van der Waals surface area (Å²) in [4.78, 5) is 4.25. The number of anilines is 6. The molecule has 1 aromatic heterocycles. The fourth-order valence-electron chi connectivity index (χ4n) is 13.0. The minimum atomic E-state index is -0.916. The molecule has 0 saturated carbocycles. The Morgan fingerprint density at radius 1 is 0.337 bits per heavy atom. The maximum atomic E-state index is 10.3. The minimum absolute atomic E-state index is 0.00225. The quantitative estimate of drug-likeness (QED) is 0.0948. The first-order valence-corrected chi connectivity index (χ1v) is 35.6. The second kappa shape index (κ2) is 27.4. The molecule has 1 heterocycles. The number of halogens is 1. The van der Waals surface area contributed by atoms with Crippen molar-refractivity contribution < 1.29 is 26.0 Å². The zero-order valence-corrected chi connectivity index (χ0v) is 59.9. The van der Waals surface area contributed by atoms with Gasteiger partial charge in [0.25, 0.3) is 0 Å². The molecular formula is C96H82ClN3Se. The number of rotatable bonds is 15. The van der Waals surface area contributed by atoms with Gasteiger partial charge in [0.15, 0.2) is 0 Å². The molecule has 15 rings (SSSR count). The standard InChI is InChI=1S/C96H82ClN3Se/c1-94(2,3)73-56-79(98(77-44-30-43-76(97)62-77)92-83(68-35-20-12-21-36-68)58-74(95(4,5)6)59-84(92)69-37-22-13-23-38-69)63-80(57-73)100(93-85(70-39-24-14-25-40-70)60-75(96(7,8)9)61-86(93)71-41-26-15-27-42-71)90-54-50-78(64-91(90)101-81-51-47-67(48-52-81)65-31-16-10-17-32-65)99-88-46-29-28-45-82(88)87-55-72(49-53-89(87)99)66-33-18-11-19-34-66/h10-64H,1-9H3/i10D,11D,16D,17D,18D,19D,28D,29D,30D,31D,32D,33D,34D,43D,45D,49D,53D,55D,62D. The summed E-state index contributed by atoms with van der Waals surface area (Å²) in [6.45, 7) is 19.4. The fourth-order valence-corrected chi connectivity index (χ4v) is 15.1. The van der Waals surface area contributed by atoms with Crippen LogP contribution in [0.15, 0.2) is 333 Å². The van der Waals surface area contributed by atoms with Crippen molar-refractivity contribution in [3.63, 3.8) is 0 Å². The fraction of sp³-hybridized carbons (Fsp3) is 0.125. The van der Waals surface area contributed by atoms with E-state index in [0.29, 0.717) is 48.6 Å². The van der Waals surface area contributed by atoms with Crippen LogP contribution in [0.2, 0.25) is 5.02 Å². The molecule has 0 aliphatic heterocycles. The van der Waals surface area contributed by atoms with Gasteiger partial charge < -0.3 is 0 Å². The van der Waals surface area contributed by atoms with Crippen LogP contribution in [0.25, 0.3) is 94.3 Å². The number of nitrogens with zero attached hydrogens (tertiary/aromatic N) is 3. The molecule has 101 heavy (non-hydrogen) atoms. The Kier molecular flexibility index (Phi) is 12.9. The van der Waals surface area contributed by atoms with Gasteiger partial charge in [-0.05, 0) is 0 Å². The van der Waals surface area contributed by atoms with Crippen LogP contribution in [0.1, 0.15) is 105 Å². The molecule has 0 atom stereocenters. The second-order valence-electron chi connectivity index (χ2n) is 28.1. The molecule has 0 unspecified atom stereocenters. The van der Waals surface area contributed by atoms with E-state index in [2.05, 4.69) is 158 Å². The monoisotopic (exact) mass is 1410 g/mol. The molecule has 0 aliphatic carbocycles. The van der Waals surface area contributed by atoms with E-state index in [9.17, 15) is 12.3 Å². The van der Waals surface area contributed by atoms with E-state index in [0.717, 1.165) is 61.2 Å². The first-order valence-electron chi connectivity index (χ1n) is 43.0. The Morgan fingerprint density at radius 3 is 1.31 bits per heavy atom. The number of hydrogen-bond donors (Lipinski definition) is 0. The van der Waals surface area contributed by atoms with Crippen molar-refractivity contribution in [2.75, 3.05) is 9.80 Å². The third-order valence-electron chi connectivity index (χ3n) is 18.2. The Morgan fingerprint density at radius 2 is 0.802 bits per heavy atom. The van der Waals surface area contributed by atoms with Gasteiger partial charge >= 0.3 is 603 Å². The van der Waals surface area contributed by atoms with E-state index in [1.54, 1.807) is 16.7 Å². The van der Waals surface area contributed by atoms with Gasteiger partial charge in [-0.1, -0.05) is 32.9 Å². The SMILES string of the molecule is [2H]c1cc(N(c2cc(N(c3ccc(-n4c5cc([2H])c([2H])c([2H])c5c5c([2H])c(-c6c([2H])c([2H])c([2H])c([2H])c6[2H])c([2H])c([2H])c54)cc3[Se]c3ccc(-c4c([2H])c([2H])c([2H])c([2H])c4[2H])cc3)c3c(-c4ccccc4)cc(C(C)(C)C)cc3-c3ccccc3)cc(C(C)(C)C)c2)c2c(-c3ccccc3)cc(C(C)(C)C)cc2-c2ccccc2)c([2H])c(Cl)c1[2H]. The summed E-state index contributed by atoms with van der Waals surface area (Å²) in [5.41, 5.74) is 10.6. The number of aromatic nitrogens is 1. The van der Waals surface area contributed by atoms with Crippen molar-refractivity contribution >= 4 is 91.4 Å². The second-order valence-corrected chi connectivity index (χ2v) is 30.8. The molecule has 15 aromatic rings. The van der Waals surface area contributed by atoms with Crippen LogP contribution in [-0.4, -0.2) is 19.5 Å². The van der Waals surface area contributed by atoms with Gasteiger partial charge in [0.1, 0.15) is 0 Å². The maximum absolute atomic E-state index is 10.3. The van der Waals surface area contributed by atoms with Crippen LogP contribution in [0, 0.1) is 0 Å². The Balaban J connectivity index is 1.14. The van der Waals surface area contributed by atoms with E-state index in [4.69, 9.17) is 25.3 Å². The van der Waals surface area contributed by atoms with Gasteiger partial charge in [0, 0.05) is 0 Å². The van der Waals surface area contributed by atoms with Gasteiger partial charge in [0.2, 0.25) is 0 Å². The van der Waals surface area contributed by atoms with Gasteiger partial charge in [-0.3, -0.25) is 0 Å². The predicted molar refractivity (Wildman–Crippen MR) is 435 cm³/mol. The van der Waals surface area contributed by atoms with Crippen molar-refractivity contribution in [2.24, 2.45) is 0 Å². The molecule has 3 nitrogen and oxygen atoms in total. The molecule has 494 valence electrons. The number of para-hydroxylation sites is 1. The molecule has 5 heteroatoms. The summed E-state index contributed by atoms with van der Waals surface area (Å²) in [5.74, 6) is 0. The Labute approximate surface area is 634 Å². The third-order valence-corrected chi connectivity index (χ3v) is 20.6. The summed E-state index contributed by atoms with van der Waals surface area (Å²) in [6.07, 6.45) is 0. The predicted octanol–water partition coefficient (Wildman–Crippen LogP) is 25.9. The van der Waals surface area contributed by atoms with Gasteiger partial charge in [-0.15, -0.1) is 0 Å².